The lowest BCUT2D eigenvalue weighted by Crippen LogP contribution is -2.57. The van der Waals surface area contributed by atoms with Gasteiger partial charge in [0.05, 0.1) is 23.6 Å². The summed E-state index contributed by atoms with van der Waals surface area (Å²) < 4.78 is 0. The molecule has 0 spiro atoms. The number of fused-ring (bicyclic) bond motifs is 1. The quantitative estimate of drug-likeness (QED) is 0.0250. The Morgan fingerprint density at radius 3 is 2.18 bits per heavy atom. The molecule has 0 aliphatic carbocycles. The third kappa shape index (κ3) is 10.9. The lowest BCUT2D eigenvalue weighted by molar-refractivity contribution is -0.385. The Morgan fingerprint density at radius 2 is 1.51 bits per heavy atom. The fourth-order valence-corrected chi connectivity index (χ4v) is 5.70. The molecule has 0 bridgehead atoms. The van der Waals surface area contributed by atoms with E-state index in [9.17, 15) is 49.1 Å². The summed E-state index contributed by atoms with van der Waals surface area (Å²) in [6.45, 7) is -1.51. The van der Waals surface area contributed by atoms with Gasteiger partial charge in [-0.25, -0.2) is 0 Å². The first-order valence-corrected chi connectivity index (χ1v) is 17.2. The molecule has 4 aromatic rings. The van der Waals surface area contributed by atoms with Crippen LogP contribution in [-0.4, -0.2) is 98.6 Å². The SMILES string of the molecule is NC(=O)[C@H](Cc1ccc(O)c([N+](=O)[O-])c1)NC(=O)[C@H](CS)NC(=O)CNC(=O)[C@H](Cc1c[nH]c2ccccc12)NC(=O)[C@H](CO)NC(=O)c1ccccc1N. The van der Waals surface area contributed by atoms with Gasteiger partial charge < -0.3 is 53.2 Å². The number of aliphatic hydroxyl groups excluding tert-OH is 1. The van der Waals surface area contributed by atoms with Crippen LogP contribution >= 0.6 is 12.6 Å². The van der Waals surface area contributed by atoms with Crippen molar-refractivity contribution in [2.45, 2.75) is 37.0 Å². The van der Waals surface area contributed by atoms with Gasteiger partial charge >= 0.3 is 5.69 Å². The molecular weight excluding hydrogens is 739 g/mol. The highest BCUT2D eigenvalue weighted by Gasteiger charge is 2.30. The number of nitro benzene ring substituents is 1. The molecule has 19 nitrogen and oxygen atoms in total. The summed E-state index contributed by atoms with van der Waals surface area (Å²) in [5, 5.41) is 43.7. The van der Waals surface area contributed by atoms with Crippen LogP contribution in [-0.2, 0) is 36.8 Å². The van der Waals surface area contributed by atoms with E-state index in [1.165, 1.54) is 18.2 Å². The molecule has 1 heterocycles. The number of primary amides is 1. The van der Waals surface area contributed by atoms with Crippen molar-refractivity contribution in [3.05, 3.63) is 99.7 Å². The van der Waals surface area contributed by atoms with Crippen molar-refractivity contribution in [1.29, 1.82) is 0 Å². The molecule has 0 fully saturated rings. The molecule has 0 aliphatic rings. The molecule has 12 N–H and O–H groups in total. The van der Waals surface area contributed by atoms with Crippen LogP contribution in [0.5, 0.6) is 5.75 Å². The van der Waals surface area contributed by atoms with Gasteiger partial charge in [0, 0.05) is 47.4 Å². The average Bonchev–Trinajstić information content (AvgIpc) is 3.57. The summed E-state index contributed by atoms with van der Waals surface area (Å²) in [6, 6.07) is 11.1. The molecule has 4 atom stereocenters. The molecule has 0 unspecified atom stereocenters. The minimum absolute atomic E-state index is 0.0646. The van der Waals surface area contributed by atoms with Gasteiger partial charge in [0.15, 0.2) is 5.75 Å². The number of nitrogens with two attached hydrogens (primary N) is 2. The number of nitrogen functional groups attached to an aromatic ring is 1. The zero-order valence-corrected chi connectivity index (χ0v) is 29.9. The van der Waals surface area contributed by atoms with E-state index in [1.54, 1.807) is 36.5 Å². The number of amides is 6. The molecule has 3 aromatic carbocycles. The molecule has 0 saturated carbocycles. The topological polar surface area (TPSA) is 314 Å². The van der Waals surface area contributed by atoms with Crippen molar-refractivity contribution in [3.8, 4) is 5.75 Å². The van der Waals surface area contributed by atoms with E-state index < -0.39 is 89.1 Å². The Kier molecular flexibility index (Phi) is 14.1. The van der Waals surface area contributed by atoms with Gasteiger partial charge in [-0.1, -0.05) is 36.4 Å². The maximum Gasteiger partial charge on any atom is 0.310 e. The monoisotopic (exact) mass is 777 g/mol. The average molecular weight is 778 g/mol. The number of nitrogens with one attached hydrogen (secondary N) is 6. The number of thiol groups is 1. The normalized spacial score (nSPS) is 13.1. The number of aliphatic hydroxyl groups is 1. The predicted octanol–water partition coefficient (Wildman–Crippen LogP) is -1.07. The Morgan fingerprint density at radius 1 is 0.836 bits per heavy atom. The van der Waals surface area contributed by atoms with E-state index in [1.807, 2.05) is 6.07 Å². The number of hydrogen-bond acceptors (Lipinski definition) is 12. The first kappa shape index (κ1) is 41.1. The standard InChI is InChI=1S/C35H39N9O10S/c36-22-7-3-1-6-21(22)32(49)43-26(16-45)34(51)42-25(13-19-14-38-23-8-4-2-5-20(19)23)33(50)39-15-30(47)40-27(17-55)35(52)41-24(31(37)48)11-18-9-10-29(46)28(12-18)44(53)54/h1-10,12,14,24-27,38,45-46,55H,11,13,15-17,36H2,(H2,37,48)(H,39,50)(H,40,47)(H,41,52)(H,42,51)(H,43,49)/t24-,25-,26-,27-/m0/s1. The van der Waals surface area contributed by atoms with Gasteiger partial charge in [0.25, 0.3) is 5.91 Å². The number of rotatable bonds is 18. The molecule has 6 amide bonds. The van der Waals surface area contributed by atoms with Gasteiger partial charge in [0.1, 0.15) is 24.2 Å². The van der Waals surface area contributed by atoms with Crippen LogP contribution in [0.1, 0.15) is 21.5 Å². The van der Waals surface area contributed by atoms with Gasteiger partial charge in [-0.05, 0) is 35.4 Å². The maximum atomic E-state index is 13.5. The van der Waals surface area contributed by atoms with E-state index in [0.29, 0.717) is 5.56 Å². The Bertz CT molecular complexity index is 2090. The van der Waals surface area contributed by atoms with E-state index >= 15 is 0 Å². The maximum absolute atomic E-state index is 13.5. The zero-order valence-electron chi connectivity index (χ0n) is 29.0. The molecule has 0 radical (unpaired) electrons. The Balaban J connectivity index is 1.42. The minimum atomic E-state index is -1.49. The second-order valence-corrected chi connectivity index (χ2v) is 12.6. The number of benzene rings is 3. The predicted molar refractivity (Wildman–Crippen MR) is 202 cm³/mol. The van der Waals surface area contributed by atoms with Gasteiger partial charge in [-0.15, -0.1) is 0 Å². The number of aromatic hydroxyl groups is 1. The third-order valence-electron chi connectivity index (χ3n) is 8.34. The summed E-state index contributed by atoms with van der Waals surface area (Å²) >= 11 is 4.10. The summed E-state index contributed by atoms with van der Waals surface area (Å²) in [6.07, 6.45) is 1.28. The molecule has 20 heteroatoms. The summed E-state index contributed by atoms with van der Waals surface area (Å²) in [4.78, 5) is 91.3. The summed E-state index contributed by atoms with van der Waals surface area (Å²) in [5.74, 6) is -6.06. The Hall–Kier alpha value is -6.67. The highest BCUT2D eigenvalue weighted by molar-refractivity contribution is 7.80. The van der Waals surface area contributed by atoms with Crippen molar-refractivity contribution < 1.29 is 43.9 Å². The number of anilines is 1. The van der Waals surface area contributed by atoms with E-state index in [-0.39, 0.29) is 35.4 Å². The molecule has 0 saturated heterocycles. The van der Waals surface area contributed by atoms with E-state index in [2.05, 4.69) is 44.2 Å². The molecule has 4 rings (SSSR count). The number of phenolic OH excluding ortho intramolecular Hbond substituents is 1. The number of phenols is 1. The van der Waals surface area contributed by atoms with Gasteiger partial charge in [-0.2, -0.15) is 12.6 Å². The zero-order chi connectivity index (χ0) is 40.2. The molecule has 0 aliphatic heterocycles. The second kappa shape index (κ2) is 18.9. The molecule has 290 valence electrons. The summed E-state index contributed by atoms with van der Waals surface area (Å²) in [7, 11) is 0. The van der Waals surface area contributed by atoms with Crippen molar-refractivity contribution in [1.82, 2.24) is 31.6 Å². The highest BCUT2D eigenvalue weighted by atomic mass is 32.1. The highest BCUT2D eigenvalue weighted by Crippen LogP contribution is 2.27. The number of nitro groups is 1. The lowest BCUT2D eigenvalue weighted by Gasteiger charge is -2.23. The smallest absolute Gasteiger partial charge is 0.310 e. The van der Waals surface area contributed by atoms with E-state index in [0.717, 1.165) is 23.0 Å². The fraction of sp³-hybridized carbons (Fsp3) is 0.257. The Labute approximate surface area is 318 Å². The van der Waals surface area contributed by atoms with Gasteiger partial charge in [0.2, 0.25) is 29.5 Å². The number of carbonyl (C=O) groups excluding carboxylic acids is 6. The van der Waals surface area contributed by atoms with Crippen LogP contribution in [0, 0.1) is 10.1 Å². The van der Waals surface area contributed by atoms with Crippen LogP contribution in [0.25, 0.3) is 10.9 Å². The first-order chi connectivity index (χ1) is 26.2. The van der Waals surface area contributed by atoms with Crippen LogP contribution in [0.2, 0.25) is 0 Å². The summed E-state index contributed by atoms with van der Waals surface area (Å²) in [5.41, 5.74) is 12.5. The number of aromatic amines is 1. The van der Waals surface area contributed by atoms with E-state index in [4.69, 9.17) is 11.5 Å². The molecule has 1 aromatic heterocycles. The molecule has 55 heavy (non-hydrogen) atoms. The van der Waals surface area contributed by atoms with Gasteiger partial charge in [-0.3, -0.25) is 38.9 Å². The third-order valence-corrected chi connectivity index (χ3v) is 8.70. The van der Waals surface area contributed by atoms with Crippen LogP contribution in [0.3, 0.4) is 0 Å². The second-order valence-electron chi connectivity index (χ2n) is 12.2. The number of para-hydroxylation sites is 2. The molecular formula is C35H39N9O10S. The number of nitrogens with zero attached hydrogens (tertiary/aromatic N) is 1. The van der Waals surface area contributed by atoms with Crippen molar-refractivity contribution in [3.63, 3.8) is 0 Å². The van der Waals surface area contributed by atoms with Crippen molar-refractivity contribution in [2.24, 2.45) is 5.73 Å². The number of carbonyl (C=O) groups is 6. The number of aromatic nitrogens is 1. The first-order valence-electron chi connectivity index (χ1n) is 16.6. The number of hydrogen-bond donors (Lipinski definition) is 11. The van der Waals surface area contributed by atoms with Crippen molar-refractivity contribution in [2.75, 3.05) is 24.6 Å². The number of H-pyrrole nitrogens is 1. The minimum Gasteiger partial charge on any atom is -0.502 e. The van der Waals surface area contributed by atoms with Crippen LogP contribution < -0.4 is 38.1 Å². The largest absolute Gasteiger partial charge is 0.502 e. The van der Waals surface area contributed by atoms with Crippen LogP contribution in [0.15, 0.2) is 72.9 Å². The van der Waals surface area contributed by atoms with Crippen LogP contribution in [0.4, 0.5) is 11.4 Å². The van der Waals surface area contributed by atoms with Crippen molar-refractivity contribution >= 4 is 70.3 Å². The lowest BCUT2D eigenvalue weighted by atomic mass is 10.0. The fourth-order valence-electron chi connectivity index (χ4n) is 5.44.